The molecule has 2 atom stereocenters. The zero-order valence-corrected chi connectivity index (χ0v) is 13.5. The van der Waals surface area contributed by atoms with Gasteiger partial charge in [-0.25, -0.2) is 4.39 Å². The summed E-state index contributed by atoms with van der Waals surface area (Å²) in [7, 11) is 1.83. The molecule has 1 aromatic rings. The molecule has 0 bridgehead atoms. The summed E-state index contributed by atoms with van der Waals surface area (Å²) in [5.41, 5.74) is 0.464. The summed E-state index contributed by atoms with van der Waals surface area (Å²) in [5, 5.41) is 0. The molecule has 1 saturated heterocycles. The number of fused-ring (bicyclic) bond motifs is 2. The molecule has 3 aliphatic rings. The molecule has 4 rings (SSSR count). The molecule has 0 radical (unpaired) electrons. The van der Waals surface area contributed by atoms with Gasteiger partial charge in [0.15, 0.2) is 0 Å². The number of carbonyl (C=O) groups is 1. The number of hydrogen-bond acceptors (Lipinski definition) is 3. The first-order valence-electron chi connectivity index (χ1n) is 8.57. The summed E-state index contributed by atoms with van der Waals surface area (Å²) in [5.74, 6) is 0.730. The lowest BCUT2D eigenvalue weighted by Gasteiger charge is -2.25. The Balaban J connectivity index is 1.55. The molecule has 4 nitrogen and oxygen atoms in total. The van der Waals surface area contributed by atoms with Gasteiger partial charge >= 0.3 is 0 Å². The first kappa shape index (κ1) is 14.9. The molecule has 2 fully saturated rings. The molecule has 1 aliphatic carbocycles. The van der Waals surface area contributed by atoms with Crippen molar-refractivity contribution in [3.05, 3.63) is 29.6 Å². The SMILES string of the molecule is CN1C(=O)c2ccc(F)cc2O[C@H]2CN(CC3CCCC3)C[C@H]21. The van der Waals surface area contributed by atoms with Crippen molar-refractivity contribution in [2.45, 2.75) is 37.8 Å². The molecule has 0 spiro atoms. The Labute approximate surface area is 136 Å². The Morgan fingerprint density at radius 1 is 1.26 bits per heavy atom. The predicted octanol–water partition coefficient (Wildman–Crippen LogP) is 2.53. The number of benzene rings is 1. The standard InChI is InChI=1S/C18H23FN2O2/c1-20-15-10-21(9-12-4-2-3-5-12)11-17(15)23-16-8-13(19)6-7-14(16)18(20)22/h6-8,12,15,17H,2-5,9-11H2,1H3/t15-,17+/m1/s1. The number of likely N-dealkylation sites (N-methyl/N-ethyl adjacent to an activating group) is 1. The van der Waals surface area contributed by atoms with Crippen molar-refractivity contribution in [1.82, 2.24) is 9.80 Å². The molecule has 124 valence electrons. The number of ether oxygens (including phenoxy) is 1. The van der Waals surface area contributed by atoms with Crippen molar-refractivity contribution in [2.75, 3.05) is 26.7 Å². The average Bonchev–Trinajstić information content (AvgIpc) is 3.15. The fourth-order valence-electron chi connectivity index (χ4n) is 4.30. The molecule has 2 heterocycles. The number of hydrogen-bond donors (Lipinski definition) is 0. The van der Waals surface area contributed by atoms with Crippen molar-refractivity contribution in [3.63, 3.8) is 0 Å². The summed E-state index contributed by atoms with van der Waals surface area (Å²) in [6, 6.07) is 4.23. The lowest BCUT2D eigenvalue weighted by atomic mass is 10.1. The van der Waals surface area contributed by atoms with Gasteiger partial charge in [-0.2, -0.15) is 0 Å². The highest BCUT2D eigenvalue weighted by atomic mass is 19.1. The molecule has 0 aromatic heterocycles. The Morgan fingerprint density at radius 3 is 2.83 bits per heavy atom. The van der Waals surface area contributed by atoms with Gasteiger partial charge in [-0.3, -0.25) is 9.69 Å². The molecule has 2 aliphatic heterocycles. The van der Waals surface area contributed by atoms with Gasteiger partial charge in [0.25, 0.3) is 5.91 Å². The van der Waals surface area contributed by atoms with E-state index in [0.717, 1.165) is 25.6 Å². The Kier molecular flexibility index (Phi) is 3.76. The lowest BCUT2D eigenvalue weighted by Crippen LogP contribution is -2.44. The van der Waals surface area contributed by atoms with Crippen LogP contribution < -0.4 is 4.74 Å². The van der Waals surface area contributed by atoms with Crippen LogP contribution in [0.2, 0.25) is 0 Å². The average molecular weight is 318 g/mol. The van der Waals surface area contributed by atoms with Gasteiger partial charge in [0.2, 0.25) is 0 Å². The van der Waals surface area contributed by atoms with Gasteiger partial charge in [0.05, 0.1) is 11.6 Å². The van der Waals surface area contributed by atoms with E-state index in [1.165, 1.54) is 43.9 Å². The van der Waals surface area contributed by atoms with Crippen LogP contribution in [-0.2, 0) is 0 Å². The first-order chi connectivity index (χ1) is 11.1. The second-order valence-electron chi connectivity index (χ2n) is 7.15. The predicted molar refractivity (Wildman–Crippen MR) is 85.1 cm³/mol. The van der Waals surface area contributed by atoms with E-state index in [2.05, 4.69) is 4.90 Å². The highest BCUT2D eigenvalue weighted by Crippen LogP contribution is 2.33. The minimum absolute atomic E-state index is 0.0411. The van der Waals surface area contributed by atoms with Gasteiger partial charge < -0.3 is 9.64 Å². The van der Waals surface area contributed by atoms with Crippen LogP contribution in [0.25, 0.3) is 0 Å². The molecule has 5 heteroatoms. The van der Waals surface area contributed by atoms with E-state index < -0.39 is 0 Å². The van der Waals surface area contributed by atoms with Gasteiger partial charge in [-0.15, -0.1) is 0 Å². The maximum Gasteiger partial charge on any atom is 0.257 e. The number of amides is 1. The molecule has 23 heavy (non-hydrogen) atoms. The summed E-state index contributed by atoms with van der Waals surface area (Å²) in [6.07, 6.45) is 5.23. The van der Waals surface area contributed by atoms with Crippen LogP contribution in [-0.4, -0.2) is 54.5 Å². The largest absolute Gasteiger partial charge is 0.486 e. The summed E-state index contributed by atoms with van der Waals surface area (Å²) < 4.78 is 19.6. The second-order valence-corrected chi connectivity index (χ2v) is 7.15. The smallest absolute Gasteiger partial charge is 0.257 e. The second kappa shape index (κ2) is 5.78. The monoisotopic (exact) mass is 318 g/mol. The van der Waals surface area contributed by atoms with Crippen LogP contribution in [0.15, 0.2) is 18.2 Å². The van der Waals surface area contributed by atoms with Crippen LogP contribution in [0.4, 0.5) is 4.39 Å². The van der Waals surface area contributed by atoms with E-state index in [0.29, 0.717) is 11.3 Å². The zero-order valence-electron chi connectivity index (χ0n) is 13.5. The normalized spacial score (nSPS) is 28.4. The van der Waals surface area contributed by atoms with Gasteiger partial charge in [-0.05, 0) is 30.9 Å². The lowest BCUT2D eigenvalue weighted by molar-refractivity contribution is 0.0682. The molecule has 0 unspecified atom stereocenters. The van der Waals surface area contributed by atoms with E-state index >= 15 is 0 Å². The Hall–Kier alpha value is -1.62. The zero-order chi connectivity index (χ0) is 16.0. The minimum Gasteiger partial charge on any atom is -0.486 e. The molecule has 1 aromatic carbocycles. The minimum atomic E-state index is -0.363. The van der Waals surface area contributed by atoms with Gasteiger partial charge in [0.1, 0.15) is 17.7 Å². The number of halogens is 1. The van der Waals surface area contributed by atoms with E-state index in [9.17, 15) is 9.18 Å². The van der Waals surface area contributed by atoms with Gasteiger partial charge in [0, 0.05) is 32.7 Å². The van der Waals surface area contributed by atoms with Crippen molar-refractivity contribution in [1.29, 1.82) is 0 Å². The number of carbonyl (C=O) groups excluding carboxylic acids is 1. The van der Waals surface area contributed by atoms with E-state index in [1.54, 1.807) is 4.90 Å². The maximum absolute atomic E-state index is 13.5. The van der Waals surface area contributed by atoms with Crippen LogP contribution in [0.5, 0.6) is 5.75 Å². The van der Waals surface area contributed by atoms with Crippen LogP contribution >= 0.6 is 0 Å². The third-order valence-corrected chi connectivity index (χ3v) is 5.57. The molecule has 1 amide bonds. The van der Waals surface area contributed by atoms with E-state index in [-0.39, 0.29) is 23.9 Å². The fraction of sp³-hybridized carbons (Fsp3) is 0.611. The highest BCUT2D eigenvalue weighted by molar-refractivity contribution is 5.97. The first-order valence-corrected chi connectivity index (χ1v) is 8.57. The Bertz CT molecular complexity index is 615. The summed E-state index contributed by atoms with van der Waals surface area (Å²) in [4.78, 5) is 16.8. The van der Waals surface area contributed by atoms with Crippen molar-refractivity contribution < 1.29 is 13.9 Å². The van der Waals surface area contributed by atoms with Crippen molar-refractivity contribution in [3.8, 4) is 5.75 Å². The quantitative estimate of drug-likeness (QED) is 0.840. The molecular weight excluding hydrogens is 295 g/mol. The summed E-state index contributed by atoms with van der Waals surface area (Å²) >= 11 is 0. The van der Waals surface area contributed by atoms with E-state index in [1.807, 2.05) is 7.05 Å². The van der Waals surface area contributed by atoms with Crippen LogP contribution in [0.3, 0.4) is 0 Å². The third-order valence-electron chi connectivity index (χ3n) is 5.57. The molecule has 1 saturated carbocycles. The van der Waals surface area contributed by atoms with Crippen molar-refractivity contribution >= 4 is 5.91 Å². The van der Waals surface area contributed by atoms with Gasteiger partial charge in [-0.1, -0.05) is 12.8 Å². The third kappa shape index (κ3) is 2.71. The summed E-state index contributed by atoms with van der Waals surface area (Å²) in [6.45, 7) is 2.75. The van der Waals surface area contributed by atoms with Crippen molar-refractivity contribution in [2.24, 2.45) is 5.92 Å². The Morgan fingerprint density at radius 2 is 2.04 bits per heavy atom. The highest BCUT2D eigenvalue weighted by Gasteiger charge is 2.42. The number of likely N-dealkylation sites (tertiary alicyclic amines) is 1. The van der Waals surface area contributed by atoms with Crippen LogP contribution in [0.1, 0.15) is 36.0 Å². The number of rotatable bonds is 2. The fourth-order valence-corrected chi connectivity index (χ4v) is 4.30. The van der Waals surface area contributed by atoms with Crippen LogP contribution in [0, 0.1) is 11.7 Å². The topological polar surface area (TPSA) is 32.8 Å². The van der Waals surface area contributed by atoms with E-state index in [4.69, 9.17) is 4.74 Å². The number of nitrogens with zero attached hydrogens (tertiary/aromatic N) is 2. The molecule has 0 N–H and O–H groups in total. The maximum atomic E-state index is 13.5. The molecular formula is C18H23FN2O2.